The van der Waals surface area contributed by atoms with Gasteiger partial charge in [0.25, 0.3) is 0 Å². The van der Waals surface area contributed by atoms with Crippen molar-refractivity contribution < 1.29 is 4.74 Å². The molecule has 0 aliphatic carbocycles. The average molecular weight is 223 g/mol. The first-order chi connectivity index (χ1) is 7.45. The molecule has 0 atom stereocenters. The third kappa shape index (κ3) is 3.78. The number of thiophene rings is 1. The highest BCUT2D eigenvalue weighted by Crippen LogP contribution is 2.08. The molecule has 3 heteroatoms. The maximum atomic E-state index is 5.38. The molecule has 1 N–H and O–H groups in total. The Hall–Kier alpha value is -0.640. The molecule has 0 saturated heterocycles. The van der Waals surface area contributed by atoms with E-state index >= 15 is 0 Å². The van der Waals surface area contributed by atoms with Crippen molar-refractivity contribution in [2.75, 3.05) is 26.3 Å². The van der Waals surface area contributed by atoms with E-state index in [1.165, 1.54) is 10.5 Å². The van der Waals surface area contributed by atoms with Crippen LogP contribution in [0.3, 0.4) is 0 Å². The SMILES string of the molecule is C1=C(CNCCc2cccs2)COCC1. The van der Waals surface area contributed by atoms with Crippen LogP contribution >= 0.6 is 11.3 Å². The Kier molecular flexibility index (Phi) is 4.39. The summed E-state index contributed by atoms with van der Waals surface area (Å²) < 4.78 is 5.38. The van der Waals surface area contributed by atoms with E-state index in [1.807, 2.05) is 11.3 Å². The maximum absolute atomic E-state index is 5.38. The van der Waals surface area contributed by atoms with E-state index in [0.29, 0.717) is 0 Å². The molecule has 0 spiro atoms. The van der Waals surface area contributed by atoms with Gasteiger partial charge in [-0.1, -0.05) is 12.1 Å². The fourth-order valence-corrected chi connectivity index (χ4v) is 2.36. The number of ether oxygens (including phenoxy) is 1. The summed E-state index contributed by atoms with van der Waals surface area (Å²) in [6.07, 6.45) is 4.50. The summed E-state index contributed by atoms with van der Waals surface area (Å²) in [4.78, 5) is 1.45. The van der Waals surface area contributed by atoms with Gasteiger partial charge < -0.3 is 10.1 Å². The van der Waals surface area contributed by atoms with Gasteiger partial charge in [-0.2, -0.15) is 0 Å². The number of rotatable bonds is 5. The molecule has 0 saturated carbocycles. The summed E-state index contributed by atoms with van der Waals surface area (Å²) in [5.74, 6) is 0. The molecule has 0 unspecified atom stereocenters. The van der Waals surface area contributed by atoms with E-state index in [2.05, 4.69) is 28.9 Å². The van der Waals surface area contributed by atoms with Crippen molar-refractivity contribution in [3.63, 3.8) is 0 Å². The largest absolute Gasteiger partial charge is 0.377 e. The van der Waals surface area contributed by atoms with Crippen LogP contribution in [0.4, 0.5) is 0 Å². The third-order valence-corrected chi connectivity index (χ3v) is 3.40. The molecule has 2 nitrogen and oxygen atoms in total. The summed E-state index contributed by atoms with van der Waals surface area (Å²) in [5.41, 5.74) is 1.40. The van der Waals surface area contributed by atoms with Gasteiger partial charge in [0.2, 0.25) is 0 Å². The fraction of sp³-hybridized carbons (Fsp3) is 0.500. The highest BCUT2D eigenvalue weighted by atomic mass is 32.1. The first-order valence-electron chi connectivity index (χ1n) is 5.44. The van der Waals surface area contributed by atoms with Crippen LogP contribution in [-0.2, 0) is 11.2 Å². The second-order valence-corrected chi connectivity index (χ2v) is 4.74. The number of hydrogen-bond acceptors (Lipinski definition) is 3. The number of nitrogens with one attached hydrogen (secondary N) is 1. The molecule has 0 bridgehead atoms. The Morgan fingerprint density at radius 1 is 1.47 bits per heavy atom. The quantitative estimate of drug-likeness (QED) is 0.610. The molecule has 0 radical (unpaired) electrons. The lowest BCUT2D eigenvalue weighted by Gasteiger charge is -2.13. The van der Waals surface area contributed by atoms with Crippen LogP contribution in [0.2, 0.25) is 0 Å². The van der Waals surface area contributed by atoms with Crippen LogP contribution in [-0.4, -0.2) is 26.3 Å². The third-order valence-electron chi connectivity index (χ3n) is 2.46. The molecule has 0 amide bonds. The molecule has 1 aromatic rings. The van der Waals surface area contributed by atoms with Crippen LogP contribution in [0.15, 0.2) is 29.2 Å². The zero-order chi connectivity index (χ0) is 10.3. The minimum atomic E-state index is 0.812. The van der Waals surface area contributed by atoms with Crippen molar-refractivity contribution in [3.05, 3.63) is 34.0 Å². The topological polar surface area (TPSA) is 21.3 Å². The van der Waals surface area contributed by atoms with Crippen LogP contribution in [0.1, 0.15) is 11.3 Å². The standard InChI is InChI=1S/C12H17NOS/c1-3-11(10-14-7-1)9-13-6-5-12-4-2-8-15-12/h2-4,8,13H,1,5-7,9-10H2. The Morgan fingerprint density at radius 3 is 3.20 bits per heavy atom. The van der Waals surface area contributed by atoms with Crippen molar-refractivity contribution in [3.8, 4) is 0 Å². The van der Waals surface area contributed by atoms with Crippen molar-refractivity contribution in [2.45, 2.75) is 12.8 Å². The second kappa shape index (κ2) is 6.05. The van der Waals surface area contributed by atoms with Gasteiger partial charge in [-0.3, -0.25) is 0 Å². The molecule has 1 aliphatic rings. The van der Waals surface area contributed by atoms with Gasteiger partial charge in [0.05, 0.1) is 13.2 Å². The summed E-state index contributed by atoms with van der Waals surface area (Å²) in [7, 11) is 0. The predicted molar refractivity (Wildman–Crippen MR) is 64.4 cm³/mol. The Bertz CT molecular complexity index is 305. The highest BCUT2D eigenvalue weighted by molar-refractivity contribution is 7.09. The van der Waals surface area contributed by atoms with Gasteiger partial charge in [0.15, 0.2) is 0 Å². The van der Waals surface area contributed by atoms with E-state index in [9.17, 15) is 0 Å². The van der Waals surface area contributed by atoms with Crippen LogP contribution < -0.4 is 5.32 Å². The van der Waals surface area contributed by atoms with Crippen molar-refractivity contribution in [2.24, 2.45) is 0 Å². The zero-order valence-corrected chi connectivity index (χ0v) is 9.69. The first-order valence-corrected chi connectivity index (χ1v) is 6.32. The maximum Gasteiger partial charge on any atom is 0.0689 e. The average Bonchev–Trinajstić information content (AvgIpc) is 2.79. The van der Waals surface area contributed by atoms with Crippen LogP contribution in [0, 0.1) is 0 Å². The molecular weight excluding hydrogens is 206 g/mol. The molecule has 0 fully saturated rings. The molecular formula is C12H17NOS. The summed E-state index contributed by atoms with van der Waals surface area (Å²) in [6.45, 7) is 3.73. The summed E-state index contributed by atoms with van der Waals surface area (Å²) in [6, 6.07) is 4.30. The minimum absolute atomic E-state index is 0.812. The normalized spacial score (nSPS) is 16.4. The molecule has 1 aliphatic heterocycles. The second-order valence-electron chi connectivity index (χ2n) is 3.71. The van der Waals surface area contributed by atoms with Gasteiger partial charge in [-0.15, -0.1) is 11.3 Å². The van der Waals surface area contributed by atoms with Gasteiger partial charge in [-0.05, 0) is 29.9 Å². The fourth-order valence-electron chi connectivity index (χ4n) is 1.65. The first kappa shape index (κ1) is 10.9. The molecule has 0 aromatic carbocycles. The van der Waals surface area contributed by atoms with Crippen molar-refractivity contribution in [1.29, 1.82) is 0 Å². The molecule has 15 heavy (non-hydrogen) atoms. The predicted octanol–water partition coefficient (Wildman–Crippen LogP) is 2.23. The lowest BCUT2D eigenvalue weighted by Crippen LogP contribution is -2.23. The van der Waals surface area contributed by atoms with Crippen molar-refractivity contribution >= 4 is 11.3 Å². The van der Waals surface area contributed by atoms with Gasteiger partial charge in [0.1, 0.15) is 0 Å². The smallest absolute Gasteiger partial charge is 0.0689 e. The summed E-state index contributed by atoms with van der Waals surface area (Å²) >= 11 is 1.83. The van der Waals surface area contributed by atoms with Gasteiger partial charge in [0, 0.05) is 18.0 Å². The highest BCUT2D eigenvalue weighted by Gasteiger charge is 2.02. The molecule has 1 aromatic heterocycles. The lowest BCUT2D eigenvalue weighted by molar-refractivity contribution is 0.149. The zero-order valence-electron chi connectivity index (χ0n) is 8.87. The van der Waals surface area contributed by atoms with Crippen LogP contribution in [0.5, 0.6) is 0 Å². The van der Waals surface area contributed by atoms with Crippen LogP contribution in [0.25, 0.3) is 0 Å². The van der Waals surface area contributed by atoms with E-state index in [1.54, 1.807) is 0 Å². The Morgan fingerprint density at radius 2 is 2.47 bits per heavy atom. The monoisotopic (exact) mass is 223 g/mol. The molecule has 2 heterocycles. The van der Waals surface area contributed by atoms with Gasteiger partial charge >= 0.3 is 0 Å². The molecule has 82 valence electrons. The van der Waals surface area contributed by atoms with E-state index < -0.39 is 0 Å². The summed E-state index contributed by atoms with van der Waals surface area (Å²) in [5, 5.41) is 5.58. The molecule has 2 rings (SSSR count). The minimum Gasteiger partial charge on any atom is -0.377 e. The van der Waals surface area contributed by atoms with E-state index in [0.717, 1.165) is 39.1 Å². The Balaban J connectivity index is 1.60. The van der Waals surface area contributed by atoms with Gasteiger partial charge in [-0.25, -0.2) is 0 Å². The Labute approximate surface area is 95.0 Å². The lowest BCUT2D eigenvalue weighted by atomic mass is 10.2. The van der Waals surface area contributed by atoms with Crippen molar-refractivity contribution in [1.82, 2.24) is 5.32 Å². The van der Waals surface area contributed by atoms with E-state index in [-0.39, 0.29) is 0 Å². The number of hydrogen-bond donors (Lipinski definition) is 1. The van der Waals surface area contributed by atoms with E-state index in [4.69, 9.17) is 4.74 Å².